The zero-order valence-corrected chi connectivity index (χ0v) is 12.2. The van der Waals surface area contributed by atoms with Gasteiger partial charge in [-0.05, 0) is 23.6 Å². The summed E-state index contributed by atoms with van der Waals surface area (Å²) >= 11 is 0. The maximum absolute atomic E-state index is 12.7. The summed E-state index contributed by atoms with van der Waals surface area (Å²) in [7, 11) is 0. The molecular weight excluding hydrogens is 297 g/mol. The highest BCUT2D eigenvalue weighted by Crippen LogP contribution is 2.41. The number of carbonyl (C=O) groups is 1. The van der Waals surface area contributed by atoms with Gasteiger partial charge in [0.15, 0.2) is 0 Å². The molecule has 0 saturated carbocycles. The van der Waals surface area contributed by atoms with E-state index >= 15 is 0 Å². The van der Waals surface area contributed by atoms with Gasteiger partial charge in [-0.2, -0.15) is 0 Å². The van der Waals surface area contributed by atoms with E-state index in [2.05, 4.69) is 10.1 Å². The van der Waals surface area contributed by atoms with Crippen molar-refractivity contribution in [2.75, 3.05) is 19.6 Å². The van der Waals surface area contributed by atoms with E-state index in [0.717, 1.165) is 12.0 Å². The molecule has 1 fully saturated rings. The second-order valence-corrected chi connectivity index (χ2v) is 5.57. The van der Waals surface area contributed by atoms with E-state index in [1.54, 1.807) is 4.90 Å². The summed E-state index contributed by atoms with van der Waals surface area (Å²) in [4.78, 5) is 14.1. The molecule has 2 heterocycles. The van der Waals surface area contributed by atoms with E-state index in [0.29, 0.717) is 31.6 Å². The quantitative estimate of drug-likeness (QED) is 0.932. The molecule has 0 spiro atoms. The van der Waals surface area contributed by atoms with E-state index < -0.39 is 6.36 Å². The van der Waals surface area contributed by atoms with Crippen molar-refractivity contribution in [3.63, 3.8) is 0 Å². The molecule has 120 valence electrons. The minimum absolute atomic E-state index is 0.0610. The summed E-state index contributed by atoms with van der Waals surface area (Å²) in [6.45, 7) is 3.65. The zero-order chi connectivity index (χ0) is 15.9. The van der Waals surface area contributed by atoms with Crippen molar-refractivity contribution >= 4 is 5.91 Å². The van der Waals surface area contributed by atoms with E-state index in [1.807, 2.05) is 13.0 Å². The number of aryl methyl sites for hydroxylation is 1. The summed E-state index contributed by atoms with van der Waals surface area (Å²) < 4.78 is 42.1. The normalized spacial score (nSPS) is 20.8. The average molecular weight is 314 g/mol. The van der Waals surface area contributed by atoms with Gasteiger partial charge in [0.2, 0.25) is 0 Å². The van der Waals surface area contributed by atoms with Gasteiger partial charge in [0, 0.05) is 19.6 Å². The second kappa shape index (κ2) is 5.46. The molecule has 3 rings (SSSR count). The van der Waals surface area contributed by atoms with Crippen LogP contribution in [0, 0.1) is 0 Å². The fraction of sp³-hybridized carbons (Fsp3) is 0.533. The number of benzene rings is 1. The number of carbonyl (C=O) groups excluding carboxylic acids is 1. The first-order chi connectivity index (χ1) is 10.4. The number of piperazine rings is 1. The largest absolute Gasteiger partial charge is 0.573 e. The third kappa shape index (κ3) is 2.65. The lowest BCUT2D eigenvalue weighted by molar-refractivity contribution is -0.274. The van der Waals surface area contributed by atoms with Crippen molar-refractivity contribution in [1.29, 1.82) is 0 Å². The summed E-state index contributed by atoms with van der Waals surface area (Å²) in [5.74, 6) is -0.739. The smallest absolute Gasteiger partial charge is 0.405 e. The Bertz CT molecular complexity index is 601. The van der Waals surface area contributed by atoms with Gasteiger partial charge in [0.05, 0.1) is 11.6 Å². The molecule has 1 unspecified atom stereocenters. The average Bonchev–Trinajstić information content (AvgIpc) is 2.72. The number of ether oxygens (including phenoxy) is 1. The lowest BCUT2D eigenvalue weighted by Crippen LogP contribution is -2.44. The monoisotopic (exact) mass is 314 g/mol. The van der Waals surface area contributed by atoms with Crippen LogP contribution in [0.2, 0.25) is 0 Å². The van der Waals surface area contributed by atoms with Gasteiger partial charge >= 0.3 is 6.36 Å². The Morgan fingerprint density at radius 3 is 2.86 bits per heavy atom. The topological polar surface area (TPSA) is 41.6 Å². The standard InChI is InChI=1S/C15H17F3N2O2/c1-2-3-9-6-10-11-8-19-4-5-20(11)14(21)13(10)12(7-9)22-15(16,17)18/h6-7,11,19H,2-5,8H2,1H3. The molecule has 1 amide bonds. The maximum atomic E-state index is 12.7. The van der Waals surface area contributed by atoms with Gasteiger partial charge < -0.3 is 15.0 Å². The SMILES string of the molecule is CCCc1cc(OC(F)(F)F)c2c(c1)C1CNCCN1C2=O. The number of amides is 1. The van der Waals surface area contributed by atoms with Crippen LogP contribution in [0.4, 0.5) is 13.2 Å². The fourth-order valence-corrected chi connectivity index (χ4v) is 3.20. The predicted molar refractivity (Wildman–Crippen MR) is 73.8 cm³/mol. The first-order valence-corrected chi connectivity index (χ1v) is 7.35. The van der Waals surface area contributed by atoms with Gasteiger partial charge in [0.1, 0.15) is 5.75 Å². The van der Waals surface area contributed by atoms with Crippen LogP contribution in [-0.4, -0.2) is 36.8 Å². The Balaban J connectivity index is 2.09. The predicted octanol–water partition coefficient (Wildman–Crippen LogP) is 2.64. The number of nitrogens with one attached hydrogen (secondary N) is 1. The molecule has 22 heavy (non-hydrogen) atoms. The molecular formula is C15H17F3N2O2. The number of nitrogens with zero attached hydrogens (tertiary/aromatic N) is 1. The summed E-state index contributed by atoms with van der Waals surface area (Å²) in [6, 6.07) is 2.99. The van der Waals surface area contributed by atoms with Crippen molar-refractivity contribution in [3.05, 3.63) is 28.8 Å². The van der Waals surface area contributed by atoms with Gasteiger partial charge in [-0.25, -0.2) is 0 Å². The number of hydrogen-bond donors (Lipinski definition) is 1. The number of fused-ring (bicyclic) bond motifs is 3. The van der Waals surface area contributed by atoms with Crippen LogP contribution in [0.1, 0.15) is 40.9 Å². The highest BCUT2D eigenvalue weighted by molar-refractivity contribution is 6.02. The lowest BCUT2D eigenvalue weighted by atomic mass is 9.98. The second-order valence-electron chi connectivity index (χ2n) is 5.57. The lowest BCUT2D eigenvalue weighted by Gasteiger charge is -2.30. The molecule has 1 aromatic rings. The van der Waals surface area contributed by atoms with Gasteiger partial charge in [-0.1, -0.05) is 19.4 Å². The van der Waals surface area contributed by atoms with Crippen molar-refractivity contribution in [1.82, 2.24) is 10.2 Å². The molecule has 2 aliphatic rings. The Labute approximate surface area is 126 Å². The number of alkyl halides is 3. The molecule has 4 nitrogen and oxygen atoms in total. The third-order valence-corrected chi connectivity index (χ3v) is 4.03. The molecule has 0 bridgehead atoms. The van der Waals surface area contributed by atoms with Crippen LogP contribution in [0.15, 0.2) is 12.1 Å². The maximum Gasteiger partial charge on any atom is 0.573 e. The van der Waals surface area contributed by atoms with Gasteiger partial charge in [-0.3, -0.25) is 4.79 Å². The highest BCUT2D eigenvalue weighted by Gasteiger charge is 2.42. The van der Waals surface area contributed by atoms with Crippen LogP contribution in [0.25, 0.3) is 0 Å². The molecule has 2 aliphatic heterocycles. The summed E-state index contributed by atoms with van der Waals surface area (Å²) in [5.41, 5.74) is 1.47. The third-order valence-electron chi connectivity index (χ3n) is 4.03. The van der Waals surface area contributed by atoms with Crippen LogP contribution < -0.4 is 10.1 Å². The van der Waals surface area contributed by atoms with E-state index in [9.17, 15) is 18.0 Å². The first-order valence-electron chi connectivity index (χ1n) is 7.35. The van der Waals surface area contributed by atoms with Crippen LogP contribution in [0.3, 0.4) is 0 Å². The van der Waals surface area contributed by atoms with Crippen LogP contribution in [-0.2, 0) is 6.42 Å². The minimum atomic E-state index is -4.81. The Morgan fingerprint density at radius 2 is 2.18 bits per heavy atom. The molecule has 0 aromatic heterocycles. The Hall–Kier alpha value is -1.76. The molecule has 0 aliphatic carbocycles. The van der Waals surface area contributed by atoms with Gasteiger partial charge in [0.25, 0.3) is 5.91 Å². The first kappa shape index (κ1) is 15.1. The van der Waals surface area contributed by atoms with Gasteiger partial charge in [-0.15, -0.1) is 13.2 Å². The summed E-state index contributed by atoms with van der Waals surface area (Å²) in [6.07, 6.45) is -3.35. The van der Waals surface area contributed by atoms with Crippen molar-refractivity contribution < 1.29 is 22.7 Å². The van der Waals surface area contributed by atoms with Crippen LogP contribution >= 0.6 is 0 Å². The highest BCUT2D eigenvalue weighted by atomic mass is 19.4. The van der Waals surface area contributed by atoms with E-state index in [1.165, 1.54) is 6.07 Å². The van der Waals surface area contributed by atoms with E-state index in [-0.39, 0.29) is 23.3 Å². The number of rotatable bonds is 3. The zero-order valence-electron chi connectivity index (χ0n) is 12.2. The van der Waals surface area contributed by atoms with E-state index in [4.69, 9.17) is 0 Å². The minimum Gasteiger partial charge on any atom is -0.405 e. The molecule has 1 aromatic carbocycles. The fourth-order valence-electron chi connectivity index (χ4n) is 3.20. The Morgan fingerprint density at radius 1 is 1.41 bits per heavy atom. The molecule has 7 heteroatoms. The van der Waals surface area contributed by atoms with Crippen LogP contribution in [0.5, 0.6) is 5.75 Å². The van der Waals surface area contributed by atoms with Crippen molar-refractivity contribution in [2.45, 2.75) is 32.2 Å². The summed E-state index contributed by atoms with van der Waals surface area (Å²) in [5, 5.41) is 3.18. The molecule has 0 radical (unpaired) electrons. The number of halogens is 3. The molecule has 1 saturated heterocycles. The van der Waals surface area contributed by atoms with Crippen molar-refractivity contribution in [3.8, 4) is 5.75 Å². The molecule has 1 atom stereocenters. The number of hydrogen-bond acceptors (Lipinski definition) is 3. The Kier molecular flexibility index (Phi) is 3.76. The van der Waals surface area contributed by atoms with Crippen molar-refractivity contribution in [2.24, 2.45) is 0 Å². The molecule has 1 N–H and O–H groups in total.